The monoisotopic (exact) mass is 471 g/mol. The highest BCUT2D eigenvalue weighted by Crippen LogP contribution is 2.24. The van der Waals surface area contributed by atoms with Crippen LogP contribution in [0.15, 0.2) is 59.5 Å². The van der Waals surface area contributed by atoms with E-state index in [-0.39, 0.29) is 17.9 Å². The molecule has 1 N–H and O–H groups in total. The number of carbonyl (C=O) groups is 1. The van der Waals surface area contributed by atoms with Crippen LogP contribution in [0, 0.1) is 5.92 Å². The van der Waals surface area contributed by atoms with Gasteiger partial charge in [0.2, 0.25) is 15.9 Å². The predicted molar refractivity (Wildman–Crippen MR) is 127 cm³/mol. The number of ether oxygens (including phenoxy) is 1. The highest BCUT2D eigenvalue weighted by atomic mass is 32.2. The van der Waals surface area contributed by atoms with Crippen LogP contribution in [0.3, 0.4) is 0 Å². The smallest absolute Gasteiger partial charge is 0.243 e. The number of amides is 1. The third-order valence-electron chi connectivity index (χ3n) is 6.40. The van der Waals surface area contributed by atoms with Gasteiger partial charge in [0.05, 0.1) is 17.6 Å². The number of hydrogen-bond donors (Lipinski definition) is 1. The van der Waals surface area contributed by atoms with Crippen LogP contribution in [-0.2, 0) is 32.6 Å². The zero-order valence-electron chi connectivity index (χ0n) is 19.2. The number of benzene rings is 2. The Bertz CT molecular complexity index is 1040. The summed E-state index contributed by atoms with van der Waals surface area (Å²) in [6, 6.07) is 16.8. The second kappa shape index (κ2) is 10.8. The Balaban J connectivity index is 1.26. The van der Waals surface area contributed by atoms with Gasteiger partial charge in [-0.25, -0.2) is 8.42 Å². The summed E-state index contributed by atoms with van der Waals surface area (Å²) in [4.78, 5) is 15.4. The third-order valence-corrected chi connectivity index (χ3v) is 8.31. The number of rotatable bonds is 7. The Morgan fingerprint density at radius 2 is 1.76 bits per heavy atom. The van der Waals surface area contributed by atoms with Crippen LogP contribution in [0.5, 0.6) is 0 Å². The molecular weight excluding hydrogens is 438 g/mol. The first-order valence-corrected chi connectivity index (χ1v) is 13.1. The lowest BCUT2D eigenvalue weighted by Crippen LogP contribution is -2.42. The summed E-state index contributed by atoms with van der Waals surface area (Å²) in [6.07, 6.45) is 1.33. The molecule has 1 unspecified atom stereocenters. The van der Waals surface area contributed by atoms with Crippen LogP contribution >= 0.6 is 0 Å². The molecule has 0 aliphatic carbocycles. The molecule has 178 valence electrons. The molecule has 33 heavy (non-hydrogen) atoms. The SMILES string of the molecule is CC1CN(Cc2cccc(CNC(=O)C3CCN(S(=O)(=O)c4ccccc4)CC3)c2)CCO1. The highest BCUT2D eigenvalue weighted by molar-refractivity contribution is 7.89. The van der Waals surface area contributed by atoms with Gasteiger partial charge in [-0.15, -0.1) is 0 Å². The fourth-order valence-corrected chi connectivity index (χ4v) is 6.05. The first-order chi connectivity index (χ1) is 15.9. The average Bonchev–Trinajstić information content (AvgIpc) is 2.83. The van der Waals surface area contributed by atoms with E-state index in [1.54, 1.807) is 30.3 Å². The molecule has 2 aliphatic rings. The number of sulfonamides is 1. The van der Waals surface area contributed by atoms with Crippen LogP contribution in [0.1, 0.15) is 30.9 Å². The fraction of sp³-hybridized carbons (Fsp3) is 0.480. The Hall–Kier alpha value is -2.26. The molecule has 0 saturated carbocycles. The standard InChI is InChI=1S/C25H33N3O4S/c1-20-18-27(14-15-32-20)19-22-7-5-6-21(16-22)17-26-25(29)23-10-12-28(13-11-23)33(30,31)24-8-3-2-4-9-24/h2-9,16,20,23H,10-15,17-19H2,1H3,(H,26,29). The summed E-state index contributed by atoms with van der Waals surface area (Å²) in [6.45, 7) is 6.82. The number of piperidine rings is 1. The molecule has 0 bridgehead atoms. The molecule has 0 radical (unpaired) electrons. The van der Waals surface area contributed by atoms with E-state index in [1.807, 2.05) is 12.1 Å². The number of nitrogens with zero attached hydrogens (tertiary/aromatic N) is 2. The molecule has 2 aromatic carbocycles. The van der Waals surface area contributed by atoms with Crippen molar-refractivity contribution in [3.05, 3.63) is 65.7 Å². The van der Waals surface area contributed by atoms with Crippen molar-refractivity contribution in [2.24, 2.45) is 5.92 Å². The molecule has 8 heteroatoms. The minimum absolute atomic E-state index is 0.000772. The van der Waals surface area contributed by atoms with E-state index in [0.717, 1.165) is 31.8 Å². The van der Waals surface area contributed by atoms with Gasteiger partial charge in [-0.1, -0.05) is 42.5 Å². The van der Waals surface area contributed by atoms with E-state index in [1.165, 1.54) is 9.87 Å². The van der Waals surface area contributed by atoms with Crippen LogP contribution in [-0.4, -0.2) is 62.4 Å². The minimum atomic E-state index is -3.50. The van der Waals surface area contributed by atoms with Crippen molar-refractivity contribution in [3.63, 3.8) is 0 Å². The highest BCUT2D eigenvalue weighted by Gasteiger charge is 2.31. The van der Waals surface area contributed by atoms with E-state index in [9.17, 15) is 13.2 Å². The quantitative estimate of drug-likeness (QED) is 0.672. The second-order valence-electron chi connectivity index (χ2n) is 8.95. The maximum absolute atomic E-state index is 12.8. The lowest BCUT2D eigenvalue weighted by atomic mass is 9.97. The molecule has 0 aromatic heterocycles. The van der Waals surface area contributed by atoms with Gasteiger partial charge in [-0.2, -0.15) is 4.31 Å². The molecule has 2 fully saturated rings. The van der Waals surface area contributed by atoms with Gasteiger partial charge in [0, 0.05) is 45.2 Å². The van der Waals surface area contributed by atoms with Gasteiger partial charge >= 0.3 is 0 Å². The normalized spacial score (nSPS) is 21.1. The first-order valence-electron chi connectivity index (χ1n) is 11.7. The van der Waals surface area contributed by atoms with E-state index in [0.29, 0.717) is 37.4 Å². The summed E-state index contributed by atoms with van der Waals surface area (Å²) < 4.78 is 32.7. The predicted octanol–water partition coefficient (Wildman–Crippen LogP) is 2.62. The largest absolute Gasteiger partial charge is 0.376 e. The topological polar surface area (TPSA) is 79.0 Å². The molecule has 2 aromatic rings. The summed E-state index contributed by atoms with van der Waals surface area (Å²) in [5.41, 5.74) is 2.31. The fourth-order valence-electron chi connectivity index (χ4n) is 4.56. The van der Waals surface area contributed by atoms with E-state index < -0.39 is 10.0 Å². The summed E-state index contributed by atoms with van der Waals surface area (Å²) in [5, 5.41) is 3.05. The zero-order chi connectivity index (χ0) is 23.3. The minimum Gasteiger partial charge on any atom is -0.376 e. The second-order valence-corrected chi connectivity index (χ2v) is 10.9. The van der Waals surface area contributed by atoms with Gasteiger partial charge in [-0.3, -0.25) is 9.69 Å². The Morgan fingerprint density at radius 3 is 2.48 bits per heavy atom. The van der Waals surface area contributed by atoms with Crippen LogP contribution in [0.2, 0.25) is 0 Å². The number of morpholine rings is 1. The summed E-state index contributed by atoms with van der Waals surface area (Å²) in [5.74, 6) is -0.163. The average molecular weight is 472 g/mol. The van der Waals surface area contributed by atoms with Gasteiger partial charge in [0.1, 0.15) is 0 Å². The Labute approximate surface area is 196 Å². The van der Waals surface area contributed by atoms with Crippen molar-refractivity contribution in [1.29, 1.82) is 0 Å². The zero-order valence-corrected chi connectivity index (χ0v) is 20.0. The van der Waals surface area contributed by atoms with Crippen molar-refractivity contribution >= 4 is 15.9 Å². The van der Waals surface area contributed by atoms with Crippen molar-refractivity contribution in [1.82, 2.24) is 14.5 Å². The molecule has 2 heterocycles. The molecule has 0 spiro atoms. The molecule has 7 nitrogen and oxygen atoms in total. The van der Waals surface area contributed by atoms with E-state index in [4.69, 9.17) is 4.74 Å². The molecule has 2 aliphatic heterocycles. The van der Waals surface area contributed by atoms with Gasteiger partial charge < -0.3 is 10.1 Å². The maximum atomic E-state index is 12.8. The lowest BCUT2D eigenvalue weighted by Gasteiger charge is -2.31. The number of hydrogen-bond acceptors (Lipinski definition) is 5. The Morgan fingerprint density at radius 1 is 1.03 bits per heavy atom. The summed E-state index contributed by atoms with van der Waals surface area (Å²) >= 11 is 0. The van der Waals surface area contributed by atoms with Crippen molar-refractivity contribution in [2.45, 2.75) is 43.9 Å². The lowest BCUT2D eigenvalue weighted by molar-refractivity contribution is -0.126. The molecule has 4 rings (SSSR count). The number of nitrogens with one attached hydrogen (secondary N) is 1. The van der Waals surface area contributed by atoms with Gasteiger partial charge in [0.25, 0.3) is 0 Å². The summed E-state index contributed by atoms with van der Waals surface area (Å²) in [7, 11) is -3.50. The Kier molecular flexibility index (Phi) is 7.80. The number of carbonyl (C=O) groups excluding carboxylic acids is 1. The molecule has 1 amide bonds. The van der Waals surface area contributed by atoms with E-state index in [2.05, 4.69) is 29.3 Å². The van der Waals surface area contributed by atoms with E-state index >= 15 is 0 Å². The van der Waals surface area contributed by atoms with Gasteiger partial charge in [0.15, 0.2) is 0 Å². The van der Waals surface area contributed by atoms with Crippen molar-refractivity contribution in [3.8, 4) is 0 Å². The maximum Gasteiger partial charge on any atom is 0.243 e. The van der Waals surface area contributed by atoms with Crippen molar-refractivity contribution in [2.75, 3.05) is 32.8 Å². The molecule has 1 atom stereocenters. The molecule has 2 saturated heterocycles. The first kappa shape index (κ1) is 23.9. The van der Waals surface area contributed by atoms with Gasteiger partial charge in [-0.05, 0) is 43.0 Å². The van der Waals surface area contributed by atoms with Crippen LogP contribution in [0.25, 0.3) is 0 Å². The van der Waals surface area contributed by atoms with Crippen LogP contribution < -0.4 is 5.32 Å². The van der Waals surface area contributed by atoms with Crippen LogP contribution in [0.4, 0.5) is 0 Å². The molecular formula is C25H33N3O4S. The third kappa shape index (κ3) is 6.20. The van der Waals surface area contributed by atoms with Crippen molar-refractivity contribution < 1.29 is 17.9 Å².